The zero-order valence-corrected chi connectivity index (χ0v) is 15.8. The van der Waals surface area contributed by atoms with E-state index in [4.69, 9.17) is 4.74 Å². The molecule has 0 saturated heterocycles. The summed E-state index contributed by atoms with van der Waals surface area (Å²) in [6.45, 7) is 10.6. The fourth-order valence-corrected chi connectivity index (χ4v) is 6.05. The van der Waals surface area contributed by atoms with Gasteiger partial charge >= 0.3 is 5.97 Å². The van der Waals surface area contributed by atoms with Crippen LogP contribution in [-0.4, -0.2) is 17.9 Å². The van der Waals surface area contributed by atoms with Crippen LogP contribution in [0, 0.1) is 35.0 Å². The lowest BCUT2D eigenvalue weighted by Crippen LogP contribution is -2.52. The van der Waals surface area contributed by atoms with Crippen molar-refractivity contribution in [2.45, 2.75) is 72.8 Å². The van der Waals surface area contributed by atoms with Gasteiger partial charge in [0.05, 0.1) is 0 Å². The number of hydrogen-bond acceptors (Lipinski definition) is 3. The van der Waals surface area contributed by atoms with Crippen LogP contribution < -0.4 is 0 Å². The van der Waals surface area contributed by atoms with Crippen molar-refractivity contribution in [2.75, 3.05) is 0 Å². The van der Waals surface area contributed by atoms with E-state index in [1.165, 1.54) is 18.9 Å². The van der Waals surface area contributed by atoms with Crippen molar-refractivity contribution in [1.29, 1.82) is 0 Å². The third kappa shape index (κ3) is 2.84. The molecule has 24 heavy (non-hydrogen) atoms. The monoisotopic (exact) mass is 332 g/mol. The summed E-state index contributed by atoms with van der Waals surface area (Å²) in [6.07, 6.45) is 7.15. The molecule has 0 spiro atoms. The Morgan fingerprint density at radius 2 is 2.04 bits per heavy atom. The van der Waals surface area contributed by atoms with Gasteiger partial charge < -0.3 is 4.74 Å². The number of allylic oxidation sites excluding steroid dienone is 2. The average molecular weight is 332 g/mol. The molecule has 134 valence electrons. The molecule has 7 atom stereocenters. The zero-order chi connectivity index (χ0) is 17.6. The number of fused-ring (bicyclic) bond motifs is 3. The van der Waals surface area contributed by atoms with Crippen LogP contribution in [0.3, 0.4) is 0 Å². The first-order valence-electron chi connectivity index (χ1n) is 9.63. The molecule has 0 aromatic rings. The summed E-state index contributed by atoms with van der Waals surface area (Å²) in [6, 6.07) is 0. The van der Waals surface area contributed by atoms with Crippen LogP contribution in [0.4, 0.5) is 0 Å². The van der Waals surface area contributed by atoms with Crippen molar-refractivity contribution < 1.29 is 14.3 Å². The molecule has 0 amide bonds. The topological polar surface area (TPSA) is 43.4 Å². The lowest BCUT2D eigenvalue weighted by molar-refractivity contribution is -0.161. The molecule has 0 aromatic heterocycles. The molecule has 0 aliphatic heterocycles. The first-order valence-corrected chi connectivity index (χ1v) is 9.63. The van der Waals surface area contributed by atoms with E-state index in [0.717, 1.165) is 19.3 Å². The zero-order valence-electron chi connectivity index (χ0n) is 15.8. The smallest absolute Gasteiger partial charge is 0.302 e. The summed E-state index contributed by atoms with van der Waals surface area (Å²) >= 11 is 0. The minimum absolute atomic E-state index is 0.0386. The summed E-state index contributed by atoms with van der Waals surface area (Å²) in [4.78, 5) is 23.3. The molecule has 2 saturated carbocycles. The minimum atomic E-state index is -0.178. The molecule has 5 unspecified atom stereocenters. The number of ketones is 1. The minimum Gasteiger partial charge on any atom is -0.462 e. The van der Waals surface area contributed by atoms with Crippen molar-refractivity contribution >= 4 is 11.8 Å². The Labute approximate surface area is 146 Å². The Balaban J connectivity index is 1.86. The fraction of sp³-hybridized carbons (Fsp3) is 0.810. The van der Waals surface area contributed by atoms with Gasteiger partial charge in [-0.2, -0.15) is 0 Å². The molecule has 0 N–H and O–H groups in total. The molecule has 2 fully saturated rings. The maximum Gasteiger partial charge on any atom is 0.302 e. The Morgan fingerprint density at radius 1 is 1.33 bits per heavy atom. The second-order valence-electron chi connectivity index (χ2n) is 8.79. The molecule has 0 heterocycles. The van der Waals surface area contributed by atoms with Crippen LogP contribution in [0.25, 0.3) is 0 Å². The van der Waals surface area contributed by atoms with Crippen LogP contribution in [0.15, 0.2) is 11.6 Å². The molecule has 3 nitrogen and oxygen atoms in total. The van der Waals surface area contributed by atoms with Gasteiger partial charge in [-0.3, -0.25) is 9.59 Å². The van der Waals surface area contributed by atoms with Crippen molar-refractivity contribution in [3.63, 3.8) is 0 Å². The molecule has 0 radical (unpaired) electrons. The van der Waals surface area contributed by atoms with Crippen LogP contribution in [-0.2, 0) is 14.3 Å². The summed E-state index contributed by atoms with van der Waals surface area (Å²) in [5.41, 5.74) is 1.46. The third-order valence-corrected chi connectivity index (χ3v) is 7.61. The summed E-state index contributed by atoms with van der Waals surface area (Å²) < 4.78 is 5.60. The highest BCUT2D eigenvalue weighted by atomic mass is 16.5. The van der Waals surface area contributed by atoms with Crippen molar-refractivity contribution in [1.82, 2.24) is 0 Å². The Bertz CT molecular complexity index is 563. The third-order valence-electron chi connectivity index (χ3n) is 7.61. The highest BCUT2D eigenvalue weighted by molar-refractivity contribution is 5.82. The highest BCUT2D eigenvalue weighted by Gasteiger charge is 2.53. The van der Waals surface area contributed by atoms with E-state index < -0.39 is 0 Å². The molecule has 3 rings (SSSR count). The fourth-order valence-electron chi connectivity index (χ4n) is 6.05. The van der Waals surface area contributed by atoms with Gasteiger partial charge in [0.2, 0.25) is 0 Å². The van der Waals surface area contributed by atoms with Gasteiger partial charge in [0.1, 0.15) is 11.9 Å². The van der Waals surface area contributed by atoms with E-state index in [2.05, 4.69) is 33.8 Å². The van der Waals surface area contributed by atoms with E-state index in [-0.39, 0.29) is 17.5 Å². The van der Waals surface area contributed by atoms with Gasteiger partial charge in [0.25, 0.3) is 0 Å². The highest BCUT2D eigenvalue weighted by Crippen LogP contribution is 2.58. The van der Waals surface area contributed by atoms with Crippen LogP contribution >= 0.6 is 0 Å². The predicted octanol–water partition coefficient (Wildman–Crippen LogP) is 4.55. The quantitative estimate of drug-likeness (QED) is 0.550. The maximum atomic E-state index is 11.9. The Hall–Kier alpha value is -1.12. The first-order chi connectivity index (χ1) is 11.2. The number of carbonyl (C=O) groups is 2. The first kappa shape index (κ1) is 17.7. The molecular formula is C21H32O3. The van der Waals surface area contributed by atoms with E-state index in [1.54, 1.807) is 0 Å². The molecule has 3 aliphatic rings. The van der Waals surface area contributed by atoms with Crippen molar-refractivity contribution in [2.24, 2.45) is 35.0 Å². The van der Waals surface area contributed by atoms with E-state index in [9.17, 15) is 9.59 Å². The predicted molar refractivity (Wildman–Crippen MR) is 94.3 cm³/mol. The molecule has 0 bridgehead atoms. The standard InChI is InChI=1S/C21H32O3/c1-12-10-16-11-17(23)6-7-18(16)19-8-9-21(5,13(2)20(12)19)14(3)24-15(4)22/h10,12-14,18-20H,6-9,11H2,1-5H3/t12-,13?,14+,18?,19?,20?,21?/m1/s1. The van der Waals surface area contributed by atoms with Crippen LogP contribution in [0.1, 0.15) is 66.7 Å². The van der Waals surface area contributed by atoms with E-state index >= 15 is 0 Å². The maximum absolute atomic E-state index is 11.9. The average Bonchev–Trinajstić information content (AvgIpc) is 2.49. The van der Waals surface area contributed by atoms with E-state index in [0.29, 0.717) is 41.8 Å². The summed E-state index contributed by atoms with van der Waals surface area (Å²) in [7, 11) is 0. The SMILES string of the molecule is CC(=O)O[C@@H](C)C1(C)CCC2C3CCC(=O)CC3=C[C@@H](C)C2C1C. The number of rotatable bonds is 2. The Morgan fingerprint density at radius 3 is 2.71 bits per heavy atom. The Kier molecular flexibility index (Phi) is 4.65. The number of Topliss-reactive ketones (excluding diaryl/α,β-unsaturated/α-hetero) is 1. The van der Waals surface area contributed by atoms with Crippen molar-refractivity contribution in [3.05, 3.63) is 11.6 Å². The van der Waals surface area contributed by atoms with Crippen molar-refractivity contribution in [3.8, 4) is 0 Å². The van der Waals surface area contributed by atoms with E-state index in [1.807, 2.05) is 0 Å². The van der Waals surface area contributed by atoms with Gasteiger partial charge in [-0.05, 0) is 55.8 Å². The number of esters is 1. The van der Waals surface area contributed by atoms with Gasteiger partial charge in [-0.25, -0.2) is 0 Å². The summed E-state index contributed by atoms with van der Waals surface area (Å²) in [5, 5.41) is 0. The normalized spacial score (nSPS) is 43.3. The molecule has 3 aliphatic carbocycles. The summed E-state index contributed by atoms with van der Waals surface area (Å²) in [5.74, 6) is 3.19. The lowest BCUT2D eigenvalue weighted by Gasteiger charge is -2.56. The number of ether oxygens (including phenoxy) is 1. The number of carbonyl (C=O) groups excluding carboxylic acids is 2. The lowest BCUT2D eigenvalue weighted by atomic mass is 9.49. The second-order valence-corrected chi connectivity index (χ2v) is 8.79. The van der Waals surface area contributed by atoms with Gasteiger partial charge in [-0.1, -0.05) is 32.4 Å². The van der Waals surface area contributed by atoms with Crippen LogP contribution in [0.2, 0.25) is 0 Å². The van der Waals surface area contributed by atoms with Gasteiger partial charge in [0.15, 0.2) is 0 Å². The molecule has 0 aromatic carbocycles. The largest absolute Gasteiger partial charge is 0.462 e. The number of hydrogen-bond donors (Lipinski definition) is 0. The van der Waals surface area contributed by atoms with Gasteiger partial charge in [-0.15, -0.1) is 0 Å². The van der Waals surface area contributed by atoms with Crippen LogP contribution in [0.5, 0.6) is 0 Å². The molecule has 3 heteroatoms. The van der Waals surface area contributed by atoms with Gasteiger partial charge in [0, 0.05) is 25.2 Å². The molecular weight excluding hydrogens is 300 g/mol. The second kappa shape index (κ2) is 6.31.